The summed E-state index contributed by atoms with van der Waals surface area (Å²) in [5, 5.41) is 0. The molecule has 0 rings (SSSR count). The van der Waals surface area contributed by atoms with Crippen LogP contribution in [0.4, 0.5) is 0 Å². The van der Waals surface area contributed by atoms with Crippen molar-refractivity contribution in [2.75, 3.05) is 106 Å². The third kappa shape index (κ3) is 27.2. The number of hydrogen-bond donors (Lipinski definition) is 1. The average Bonchev–Trinajstić information content (AvgIpc) is 2.79. The minimum atomic E-state index is -0.155. The third-order valence-electron chi connectivity index (χ3n) is 3.97. The Hall–Kier alpha value is -0.850. The molecule has 0 spiro atoms. The van der Waals surface area contributed by atoms with Crippen molar-refractivity contribution in [3.63, 3.8) is 0 Å². The van der Waals surface area contributed by atoms with Gasteiger partial charge in [0.25, 0.3) is 0 Å². The van der Waals surface area contributed by atoms with E-state index in [0.717, 1.165) is 19.3 Å². The van der Waals surface area contributed by atoms with Crippen LogP contribution in [0.2, 0.25) is 0 Å². The van der Waals surface area contributed by atoms with E-state index in [1.54, 1.807) is 0 Å². The molecule has 0 aromatic rings. The van der Waals surface area contributed by atoms with E-state index in [1.165, 1.54) is 0 Å². The Bertz CT molecular complexity index is 375. The van der Waals surface area contributed by atoms with Gasteiger partial charge in [0.2, 0.25) is 0 Å². The van der Waals surface area contributed by atoms with Gasteiger partial charge in [-0.05, 0) is 6.42 Å². The first-order valence-corrected chi connectivity index (χ1v) is 11.7. The highest BCUT2D eigenvalue weighted by Gasteiger charge is 2.01. The SMILES string of the molecule is CCCCCC(=O)OCCOCCOCCOCCOCCOCCOCCOCCN. The largest absolute Gasteiger partial charge is 0.463 e. The van der Waals surface area contributed by atoms with Crippen molar-refractivity contribution in [2.45, 2.75) is 32.6 Å². The van der Waals surface area contributed by atoms with Gasteiger partial charge in [-0.1, -0.05) is 19.8 Å². The highest BCUT2D eigenvalue weighted by Crippen LogP contribution is 2.00. The minimum absolute atomic E-state index is 0.155. The molecule has 0 aliphatic heterocycles. The summed E-state index contributed by atoms with van der Waals surface area (Å²) in [5.41, 5.74) is 5.31. The average molecular weight is 468 g/mol. The number of ether oxygens (including phenoxy) is 8. The smallest absolute Gasteiger partial charge is 0.305 e. The molecule has 0 bridgehead atoms. The first-order valence-electron chi connectivity index (χ1n) is 11.7. The molecule has 2 N–H and O–H groups in total. The number of rotatable bonds is 27. The summed E-state index contributed by atoms with van der Waals surface area (Å²) < 4.78 is 42.6. The van der Waals surface area contributed by atoms with Crippen LogP contribution in [0, 0.1) is 0 Å². The van der Waals surface area contributed by atoms with Crippen molar-refractivity contribution in [1.82, 2.24) is 0 Å². The van der Waals surface area contributed by atoms with Crippen molar-refractivity contribution in [3.8, 4) is 0 Å². The second-order valence-electron chi connectivity index (χ2n) is 6.75. The normalized spacial score (nSPS) is 11.2. The zero-order valence-electron chi connectivity index (χ0n) is 19.9. The number of carbonyl (C=O) groups is 1. The Balaban J connectivity index is 3.06. The van der Waals surface area contributed by atoms with Gasteiger partial charge in [-0.25, -0.2) is 0 Å². The highest BCUT2D eigenvalue weighted by atomic mass is 16.6. The lowest BCUT2D eigenvalue weighted by atomic mass is 10.2. The number of nitrogens with two attached hydrogens (primary N) is 1. The second kappa shape index (κ2) is 28.2. The molecule has 0 fully saturated rings. The van der Waals surface area contributed by atoms with Gasteiger partial charge >= 0.3 is 5.97 Å². The van der Waals surface area contributed by atoms with Gasteiger partial charge in [0, 0.05) is 13.0 Å². The zero-order valence-corrected chi connectivity index (χ0v) is 19.9. The standard InChI is InChI=1S/C22H45NO9/c1-2-3-4-5-22(24)32-21-20-31-19-18-30-17-16-29-15-14-28-13-12-27-11-10-26-9-8-25-7-6-23/h2-21,23H2,1H3. The zero-order chi connectivity index (χ0) is 23.4. The Kier molecular flexibility index (Phi) is 27.4. The van der Waals surface area contributed by atoms with Crippen LogP contribution in [0.1, 0.15) is 32.6 Å². The van der Waals surface area contributed by atoms with Crippen LogP contribution in [-0.4, -0.2) is 112 Å². The fourth-order valence-corrected chi connectivity index (χ4v) is 2.31. The number of esters is 1. The first-order chi connectivity index (χ1) is 15.8. The first kappa shape index (κ1) is 31.1. The van der Waals surface area contributed by atoms with Crippen molar-refractivity contribution >= 4 is 5.97 Å². The van der Waals surface area contributed by atoms with E-state index in [1.807, 2.05) is 0 Å². The van der Waals surface area contributed by atoms with Crippen LogP contribution in [0.3, 0.4) is 0 Å². The molecule has 0 radical (unpaired) electrons. The fraction of sp³-hybridized carbons (Fsp3) is 0.955. The molecule has 32 heavy (non-hydrogen) atoms. The second-order valence-corrected chi connectivity index (χ2v) is 6.75. The minimum Gasteiger partial charge on any atom is -0.463 e. The van der Waals surface area contributed by atoms with Crippen molar-refractivity contribution in [3.05, 3.63) is 0 Å². The molecule has 0 amide bonds. The molecule has 0 saturated heterocycles. The summed E-state index contributed by atoms with van der Waals surface area (Å²) in [4.78, 5) is 11.4. The van der Waals surface area contributed by atoms with Gasteiger partial charge in [-0.3, -0.25) is 4.79 Å². The fourth-order valence-electron chi connectivity index (χ4n) is 2.31. The van der Waals surface area contributed by atoms with Gasteiger partial charge in [-0.2, -0.15) is 0 Å². The van der Waals surface area contributed by atoms with E-state index < -0.39 is 0 Å². The van der Waals surface area contributed by atoms with Crippen LogP contribution < -0.4 is 5.73 Å². The van der Waals surface area contributed by atoms with Crippen molar-refractivity contribution in [2.24, 2.45) is 5.73 Å². The Labute approximate surface area is 193 Å². The maximum Gasteiger partial charge on any atom is 0.305 e. The topological polar surface area (TPSA) is 117 Å². The quantitative estimate of drug-likeness (QED) is 0.139. The van der Waals surface area contributed by atoms with Crippen LogP contribution >= 0.6 is 0 Å². The molecule has 0 unspecified atom stereocenters. The van der Waals surface area contributed by atoms with Crippen LogP contribution in [0.25, 0.3) is 0 Å². The molecule has 10 heteroatoms. The van der Waals surface area contributed by atoms with E-state index in [0.29, 0.717) is 105 Å². The van der Waals surface area contributed by atoms with E-state index in [4.69, 9.17) is 43.6 Å². The third-order valence-corrected chi connectivity index (χ3v) is 3.97. The molecule has 10 nitrogen and oxygen atoms in total. The maximum atomic E-state index is 11.4. The van der Waals surface area contributed by atoms with Gasteiger partial charge in [0.15, 0.2) is 0 Å². The number of hydrogen-bond acceptors (Lipinski definition) is 10. The summed E-state index contributed by atoms with van der Waals surface area (Å²) in [7, 11) is 0. The number of carbonyl (C=O) groups excluding carboxylic acids is 1. The summed E-state index contributed by atoms with van der Waals surface area (Å²) in [6.07, 6.45) is 3.52. The predicted molar refractivity (Wildman–Crippen MR) is 120 cm³/mol. The van der Waals surface area contributed by atoms with Crippen molar-refractivity contribution < 1.29 is 42.7 Å². The Morgan fingerprint density at radius 2 is 0.875 bits per heavy atom. The van der Waals surface area contributed by atoms with E-state index in [9.17, 15) is 4.79 Å². The monoisotopic (exact) mass is 467 g/mol. The van der Waals surface area contributed by atoms with Crippen LogP contribution in [-0.2, 0) is 42.7 Å². The summed E-state index contributed by atoms with van der Waals surface area (Å²) in [6, 6.07) is 0. The highest BCUT2D eigenvalue weighted by molar-refractivity contribution is 5.69. The lowest BCUT2D eigenvalue weighted by molar-refractivity contribution is -0.145. The van der Waals surface area contributed by atoms with Crippen LogP contribution in [0.15, 0.2) is 0 Å². The van der Waals surface area contributed by atoms with Crippen molar-refractivity contribution in [1.29, 1.82) is 0 Å². The summed E-state index contributed by atoms with van der Waals surface area (Å²) in [6.45, 7) is 10.0. The molecule has 0 saturated carbocycles. The lowest BCUT2D eigenvalue weighted by Gasteiger charge is -2.08. The molecule has 0 aromatic carbocycles. The molecule has 0 aliphatic rings. The molecule has 0 aromatic heterocycles. The van der Waals surface area contributed by atoms with Gasteiger partial charge in [-0.15, -0.1) is 0 Å². The van der Waals surface area contributed by atoms with E-state index >= 15 is 0 Å². The van der Waals surface area contributed by atoms with Gasteiger partial charge in [0.1, 0.15) is 6.61 Å². The van der Waals surface area contributed by atoms with Gasteiger partial charge in [0.05, 0.1) is 92.5 Å². The molecule has 0 atom stereocenters. The molecule has 192 valence electrons. The Morgan fingerprint density at radius 3 is 1.22 bits per heavy atom. The number of unbranched alkanes of at least 4 members (excludes halogenated alkanes) is 2. The Morgan fingerprint density at radius 1 is 0.531 bits per heavy atom. The molecule has 0 heterocycles. The maximum absolute atomic E-state index is 11.4. The lowest BCUT2D eigenvalue weighted by Crippen LogP contribution is -2.15. The van der Waals surface area contributed by atoms with Crippen LogP contribution in [0.5, 0.6) is 0 Å². The summed E-state index contributed by atoms with van der Waals surface area (Å²) in [5.74, 6) is -0.155. The van der Waals surface area contributed by atoms with E-state index in [-0.39, 0.29) is 12.6 Å². The molecular formula is C22H45NO9. The predicted octanol–water partition coefficient (Wildman–Crippen LogP) is 1.18. The van der Waals surface area contributed by atoms with E-state index in [2.05, 4.69) is 6.92 Å². The van der Waals surface area contributed by atoms with Gasteiger partial charge < -0.3 is 43.6 Å². The summed E-state index contributed by atoms with van der Waals surface area (Å²) >= 11 is 0. The molecule has 0 aliphatic carbocycles. The molecular weight excluding hydrogens is 422 g/mol.